The van der Waals surface area contributed by atoms with E-state index in [1.165, 1.54) is 22.5 Å². The van der Waals surface area contributed by atoms with Crippen molar-refractivity contribution in [3.63, 3.8) is 0 Å². The van der Waals surface area contributed by atoms with Crippen molar-refractivity contribution in [2.75, 3.05) is 13.1 Å². The number of hydrogen-bond donors (Lipinski definition) is 1. The fourth-order valence-electron chi connectivity index (χ4n) is 2.99. The van der Waals surface area contributed by atoms with Gasteiger partial charge in [-0.1, -0.05) is 18.2 Å². The third-order valence-electron chi connectivity index (χ3n) is 4.47. The van der Waals surface area contributed by atoms with Crippen LogP contribution in [0.3, 0.4) is 0 Å². The number of benzene rings is 1. The fourth-order valence-corrected chi connectivity index (χ4v) is 4.52. The molecule has 0 spiro atoms. The molecule has 1 aromatic heterocycles. The zero-order valence-electron chi connectivity index (χ0n) is 14.1. The van der Waals surface area contributed by atoms with Gasteiger partial charge in [0.05, 0.1) is 0 Å². The highest BCUT2D eigenvalue weighted by molar-refractivity contribution is 7.89. The number of rotatable bonds is 5. The monoisotopic (exact) mass is 377 g/mol. The molecule has 0 radical (unpaired) electrons. The molecule has 1 fully saturated rings. The van der Waals surface area contributed by atoms with Gasteiger partial charge in [-0.25, -0.2) is 12.8 Å². The van der Waals surface area contributed by atoms with E-state index in [4.69, 9.17) is 0 Å². The Morgan fingerprint density at radius 2 is 1.92 bits per heavy atom. The standard InChI is InChI=1S/C18H20FN3O3S/c19-16-5-1-2-6-17(16)26(24,25)22-10-7-15(8-11-22)18(23)21-13-14-4-3-9-20-12-14/h1-6,9,12,15H,7-8,10-11,13H2,(H,21,23). The van der Waals surface area contributed by atoms with Crippen LogP contribution in [0.5, 0.6) is 0 Å². The lowest BCUT2D eigenvalue weighted by Gasteiger charge is -2.30. The number of nitrogens with one attached hydrogen (secondary N) is 1. The molecule has 0 aliphatic carbocycles. The first-order chi connectivity index (χ1) is 12.5. The predicted molar refractivity (Wildman–Crippen MR) is 94.0 cm³/mol. The van der Waals surface area contributed by atoms with Crippen LogP contribution in [0.4, 0.5) is 4.39 Å². The first-order valence-electron chi connectivity index (χ1n) is 8.40. The van der Waals surface area contributed by atoms with Crippen LogP contribution in [0.15, 0.2) is 53.7 Å². The number of hydrogen-bond acceptors (Lipinski definition) is 4. The smallest absolute Gasteiger partial charge is 0.245 e. The summed E-state index contributed by atoms with van der Waals surface area (Å²) in [5, 5.41) is 2.86. The van der Waals surface area contributed by atoms with E-state index >= 15 is 0 Å². The van der Waals surface area contributed by atoms with Crippen molar-refractivity contribution in [1.82, 2.24) is 14.6 Å². The maximum absolute atomic E-state index is 13.8. The molecule has 0 saturated carbocycles. The summed E-state index contributed by atoms with van der Waals surface area (Å²) in [6, 6.07) is 9.01. The molecule has 138 valence electrons. The molecule has 6 nitrogen and oxygen atoms in total. The van der Waals surface area contributed by atoms with E-state index in [-0.39, 0.29) is 29.8 Å². The highest BCUT2D eigenvalue weighted by Crippen LogP contribution is 2.25. The summed E-state index contributed by atoms with van der Waals surface area (Å²) in [5.41, 5.74) is 0.903. The van der Waals surface area contributed by atoms with Gasteiger partial charge >= 0.3 is 0 Å². The Labute approximate surface area is 152 Å². The molecule has 1 saturated heterocycles. The number of halogens is 1. The van der Waals surface area contributed by atoms with E-state index in [1.807, 2.05) is 6.07 Å². The summed E-state index contributed by atoms with van der Waals surface area (Å²) in [6.07, 6.45) is 4.17. The third-order valence-corrected chi connectivity index (χ3v) is 6.40. The largest absolute Gasteiger partial charge is 0.352 e. The zero-order valence-corrected chi connectivity index (χ0v) is 15.0. The summed E-state index contributed by atoms with van der Waals surface area (Å²) in [4.78, 5) is 16.0. The molecular weight excluding hydrogens is 357 g/mol. The van der Waals surface area contributed by atoms with Crippen molar-refractivity contribution >= 4 is 15.9 Å². The summed E-state index contributed by atoms with van der Waals surface area (Å²) >= 11 is 0. The molecule has 26 heavy (non-hydrogen) atoms. The minimum Gasteiger partial charge on any atom is -0.352 e. The molecule has 1 aliphatic heterocycles. The number of pyridine rings is 1. The molecular formula is C18H20FN3O3S. The van der Waals surface area contributed by atoms with Crippen molar-refractivity contribution in [3.8, 4) is 0 Å². The van der Waals surface area contributed by atoms with Crippen molar-refractivity contribution in [2.45, 2.75) is 24.3 Å². The van der Waals surface area contributed by atoms with E-state index in [2.05, 4.69) is 10.3 Å². The van der Waals surface area contributed by atoms with E-state index in [1.54, 1.807) is 18.5 Å². The van der Waals surface area contributed by atoms with Gasteiger partial charge in [0.2, 0.25) is 15.9 Å². The normalized spacial score (nSPS) is 16.3. The van der Waals surface area contributed by atoms with Crippen LogP contribution in [0, 0.1) is 11.7 Å². The van der Waals surface area contributed by atoms with Gasteiger partial charge in [0.25, 0.3) is 0 Å². The highest BCUT2D eigenvalue weighted by atomic mass is 32.2. The van der Waals surface area contributed by atoms with Crippen LogP contribution in [-0.2, 0) is 21.4 Å². The number of carbonyl (C=O) groups is 1. The SMILES string of the molecule is O=C(NCc1cccnc1)C1CCN(S(=O)(=O)c2ccccc2F)CC1. The second-order valence-electron chi connectivity index (χ2n) is 6.19. The van der Waals surface area contributed by atoms with Gasteiger partial charge in [0, 0.05) is 37.9 Å². The van der Waals surface area contributed by atoms with Crippen molar-refractivity contribution in [3.05, 3.63) is 60.2 Å². The Bertz CT molecular complexity index is 866. The molecule has 2 aromatic rings. The molecule has 0 bridgehead atoms. The van der Waals surface area contributed by atoms with Crippen LogP contribution in [0.1, 0.15) is 18.4 Å². The van der Waals surface area contributed by atoms with Crippen LogP contribution in [0.2, 0.25) is 0 Å². The number of carbonyl (C=O) groups excluding carboxylic acids is 1. The fraction of sp³-hybridized carbons (Fsp3) is 0.333. The second kappa shape index (κ2) is 7.92. The minimum absolute atomic E-state index is 0.100. The molecule has 1 N–H and O–H groups in total. The lowest BCUT2D eigenvalue weighted by atomic mass is 9.97. The van der Waals surface area contributed by atoms with E-state index in [0.717, 1.165) is 11.6 Å². The number of piperidine rings is 1. The number of aromatic nitrogens is 1. The average Bonchev–Trinajstić information content (AvgIpc) is 2.67. The van der Waals surface area contributed by atoms with Gasteiger partial charge in [0.15, 0.2) is 0 Å². The molecule has 0 atom stereocenters. The number of nitrogens with zero attached hydrogens (tertiary/aromatic N) is 2. The first kappa shape index (κ1) is 18.5. The van der Waals surface area contributed by atoms with Gasteiger partial charge in [-0.15, -0.1) is 0 Å². The van der Waals surface area contributed by atoms with Gasteiger partial charge in [-0.3, -0.25) is 9.78 Å². The summed E-state index contributed by atoms with van der Waals surface area (Å²) in [7, 11) is -3.88. The Hall–Kier alpha value is -2.32. The number of sulfonamides is 1. The first-order valence-corrected chi connectivity index (χ1v) is 9.84. The van der Waals surface area contributed by atoms with Gasteiger partial charge in [0.1, 0.15) is 10.7 Å². The average molecular weight is 377 g/mol. The van der Waals surface area contributed by atoms with Crippen LogP contribution < -0.4 is 5.32 Å². The van der Waals surface area contributed by atoms with Crippen molar-refractivity contribution < 1.29 is 17.6 Å². The van der Waals surface area contributed by atoms with E-state index < -0.39 is 15.8 Å². The molecule has 8 heteroatoms. The van der Waals surface area contributed by atoms with Crippen LogP contribution >= 0.6 is 0 Å². The van der Waals surface area contributed by atoms with Crippen molar-refractivity contribution in [2.24, 2.45) is 5.92 Å². The molecule has 1 amide bonds. The molecule has 3 rings (SSSR count). The minimum atomic E-state index is -3.88. The van der Waals surface area contributed by atoms with E-state index in [0.29, 0.717) is 19.4 Å². The Balaban J connectivity index is 1.57. The maximum atomic E-state index is 13.8. The predicted octanol–water partition coefficient (Wildman–Crippen LogP) is 1.94. The van der Waals surface area contributed by atoms with Gasteiger partial charge < -0.3 is 5.32 Å². The quantitative estimate of drug-likeness (QED) is 0.864. The third kappa shape index (κ3) is 4.08. The van der Waals surface area contributed by atoms with Gasteiger partial charge in [-0.2, -0.15) is 4.31 Å². The Morgan fingerprint density at radius 3 is 2.58 bits per heavy atom. The summed E-state index contributed by atoms with van der Waals surface area (Å²) in [6.45, 7) is 0.781. The lowest BCUT2D eigenvalue weighted by molar-refractivity contribution is -0.126. The molecule has 1 aliphatic rings. The molecule has 0 unspecified atom stereocenters. The Kier molecular flexibility index (Phi) is 5.63. The van der Waals surface area contributed by atoms with Crippen LogP contribution in [-0.4, -0.2) is 36.7 Å². The number of amides is 1. The Morgan fingerprint density at radius 1 is 1.19 bits per heavy atom. The molecule has 1 aromatic carbocycles. The van der Waals surface area contributed by atoms with Crippen LogP contribution in [0.25, 0.3) is 0 Å². The zero-order chi connectivity index (χ0) is 18.6. The second-order valence-corrected chi connectivity index (χ2v) is 8.09. The highest BCUT2D eigenvalue weighted by Gasteiger charge is 2.33. The summed E-state index contributed by atoms with van der Waals surface area (Å²) in [5.74, 6) is -1.11. The summed E-state index contributed by atoms with van der Waals surface area (Å²) < 4.78 is 40.2. The maximum Gasteiger partial charge on any atom is 0.245 e. The van der Waals surface area contributed by atoms with Gasteiger partial charge in [-0.05, 0) is 36.6 Å². The topological polar surface area (TPSA) is 79.4 Å². The lowest BCUT2D eigenvalue weighted by Crippen LogP contribution is -2.43. The molecule has 2 heterocycles. The van der Waals surface area contributed by atoms with E-state index in [9.17, 15) is 17.6 Å². The van der Waals surface area contributed by atoms with Crippen molar-refractivity contribution in [1.29, 1.82) is 0 Å².